The van der Waals surface area contributed by atoms with E-state index in [4.69, 9.17) is 24.4 Å². The molecule has 2 aliphatic rings. The summed E-state index contributed by atoms with van der Waals surface area (Å²) in [4.78, 5) is 26.6. The maximum atomic E-state index is 5.78. The fourth-order valence-corrected chi connectivity index (χ4v) is 5.16. The number of nitrogens with one attached hydrogen (secondary N) is 2. The van der Waals surface area contributed by atoms with Gasteiger partial charge in [0.05, 0.1) is 38.5 Å². The third kappa shape index (κ3) is 3.69. The first-order chi connectivity index (χ1) is 16.7. The SMILES string of the molecule is CCCC1COCCN1c1nc(N2CCOCC2C)c2[nH]c(-c3cccc4[nH]ccc34)nc2n1. The van der Waals surface area contributed by atoms with Crippen LogP contribution in [0.4, 0.5) is 11.8 Å². The monoisotopic (exact) mass is 461 g/mol. The fraction of sp³-hybridized carbons (Fsp3) is 0.480. The van der Waals surface area contributed by atoms with Crippen molar-refractivity contribution >= 4 is 33.8 Å². The minimum Gasteiger partial charge on any atom is -0.377 e. The number of aromatic nitrogens is 5. The Hall–Kier alpha value is -3.17. The zero-order valence-corrected chi connectivity index (χ0v) is 19.8. The van der Waals surface area contributed by atoms with Gasteiger partial charge in [-0.2, -0.15) is 9.97 Å². The molecule has 5 heterocycles. The number of anilines is 2. The number of ether oxygens (including phenoxy) is 2. The van der Waals surface area contributed by atoms with Gasteiger partial charge in [0.25, 0.3) is 0 Å². The van der Waals surface area contributed by atoms with E-state index in [1.807, 2.05) is 12.3 Å². The summed E-state index contributed by atoms with van der Waals surface area (Å²) in [6.07, 6.45) is 4.10. The number of benzene rings is 1. The Morgan fingerprint density at radius 2 is 1.88 bits per heavy atom. The highest BCUT2D eigenvalue weighted by Crippen LogP contribution is 2.33. The Balaban J connectivity index is 1.51. The van der Waals surface area contributed by atoms with Gasteiger partial charge in [0.15, 0.2) is 11.5 Å². The molecule has 2 unspecified atom stereocenters. The normalized spacial score (nSPS) is 21.6. The number of fused-ring (bicyclic) bond motifs is 2. The van der Waals surface area contributed by atoms with E-state index in [1.54, 1.807) is 0 Å². The van der Waals surface area contributed by atoms with Gasteiger partial charge in [-0.05, 0) is 25.5 Å². The summed E-state index contributed by atoms with van der Waals surface area (Å²) in [5, 5.41) is 1.13. The van der Waals surface area contributed by atoms with Gasteiger partial charge in [0, 0.05) is 35.8 Å². The second kappa shape index (κ2) is 8.88. The molecule has 2 saturated heterocycles. The molecule has 2 fully saturated rings. The van der Waals surface area contributed by atoms with E-state index in [0.717, 1.165) is 65.5 Å². The van der Waals surface area contributed by atoms with E-state index in [0.29, 0.717) is 32.1 Å². The molecule has 1 aromatic carbocycles. The second-order valence-corrected chi connectivity index (χ2v) is 9.20. The van der Waals surface area contributed by atoms with Crippen LogP contribution in [0.5, 0.6) is 0 Å². The zero-order valence-electron chi connectivity index (χ0n) is 19.8. The first-order valence-electron chi connectivity index (χ1n) is 12.3. The van der Waals surface area contributed by atoms with Crippen molar-refractivity contribution in [2.45, 2.75) is 38.8 Å². The quantitative estimate of drug-likeness (QED) is 0.468. The number of imidazole rings is 1. The van der Waals surface area contributed by atoms with Crippen molar-refractivity contribution in [1.29, 1.82) is 0 Å². The molecule has 0 amide bonds. The summed E-state index contributed by atoms with van der Waals surface area (Å²) in [6.45, 7) is 8.72. The lowest BCUT2D eigenvalue weighted by Crippen LogP contribution is -2.47. The molecule has 0 radical (unpaired) electrons. The standard InChI is InChI=1S/C25H31N7O2/c1-3-5-17-15-34-13-11-32(17)25-29-23-21(24(30-25)31-10-12-33-14-16(31)2)27-22(28-23)19-6-4-7-20-18(19)8-9-26-20/h4,6-9,16-17,26H,3,5,10-15H2,1-2H3,(H,27,28,29,30). The van der Waals surface area contributed by atoms with E-state index in [2.05, 4.69) is 51.8 Å². The molecular formula is C25H31N7O2. The Morgan fingerprint density at radius 1 is 1.03 bits per heavy atom. The molecule has 178 valence electrons. The van der Waals surface area contributed by atoms with E-state index >= 15 is 0 Å². The van der Waals surface area contributed by atoms with Crippen LogP contribution in [0.2, 0.25) is 0 Å². The number of aromatic amines is 2. The lowest BCUT2D eigenvalue weighted by molar-refractivity contribution is 0.0903. The molecule has 0 bridgehead atoms. The molecule has 9 heteroatoms. The van der Waals surface area contributed by atoms with Crippen molar-refractivity contribution in [3.05, 3.63) is 30.5 Å². The average Bonchev–Trinajstić information content (AvgIpc) is 3.51. The Kier molecular flexibility index (Phi) is 5.58. The molecule has 4 aromatic rings. The molecule has 6 rings (SSSR count). The Bertz CT molecular complexity index is 1300. The van der Waals surface area contributed by atoms with Crippen LogP contribution in [0, 0.1) is 0 Å². The summed E-state index contributed by atoms with van der Waals surface area (Å²) in [7, 11) is 0. The Morgan fingerprint density at radius 3 is 2.74 bits per heavy atom. The number of hydrogen-bond donors (Lipinski definition) is 2. The lowest BCUT2D eigenvalue weighted by atomic mass is 10.1. The van der Waals surface area contributed by atoms with Gasteiger partial charge in [0.1, 0.15) is 11.3 Å². The third-order valence-electron chi connectivity index (χ3n) is 6.92. The van der Waals surface area contributed by atoms with Crippen LogP contribution in [0.25, 0.3) is 33.5 Å². The minimum absolute atomic E-state index is 0.218. The molecule has 0 saturated carbocycles. The second-order valence-electron chi connectivity index (χ2n) is 9.20. The molecule has 9 nitrogen and oxygen atoms in total. The van der Waals surface area contributed by atoms with Crippen LogP contribution in [0.1, 0.15) is 26.7 Å². The first kappa shape index (κ1) is 21.4. The van der Waals surface area contributed by atoms with Crippen LogP contribution in [0.15, 0.2) is 30.5 Å². The van der Waals surface area contributed by atoms with Gasteiger partial charge in [-0.1, -0.05) is 25.5 Å². The predicted molar refractivity (Wildman–Crippen MR) is 133 cm³/mol. The van der Waals surface area contributed by atoms with Crippen LogP contribution in [0.3, 0.4) is 0 Å². The summed E-state index contributed by atoms with van der Waals surface area (Å²) >= 11 is 0. The fourth-order valence-electron chi connectivity index (χ4n) is 5.16. The van der Waals surface area contributed by atoms with E-state index in [9.17, 15) is 0 Å². The van der Waals surface area contributed by atoms with Gasteiger partial charge in [-0.3, -0.25) is 0 Å². The summed E-state index contributed by atoms with van der Waals surface area (Å²) in [5.74, 6) is 2.44. The molecule has 2 aliphatic heterocycles. The third-order valence-corrected chi connectivity index (χ3v) is 6.92. The number of morpholine rings is 2. The van der Waals surface area contributed by atoms with Gasteiger partial charge >= 0.3 is 0 Å². The number of nitrogens with zero attached hydrogens (tertiary/aromatic N) is 5. The van der Waals surface area contributed by atoms with Gasteiger partial charge in [0.2, 0.25) is 5.95 Å². The molecule has 3 aromatic heterocycles. The number of H-pyrrole nitrogens is 2. The van der Waals surface area contributed by atoms with Gasteiger partial charge < -0.3 is 29.2 Å². The van der Waals surface area contributed by atoms with Gasteiger partial charge in [-0.25, -0.2) is 4.98 Å². The molecule has 0 spiro atoms. The van der Waals surface area contributed by atoms with Crippen molar-refractivity contribution in [3.8, 4) is 11.4 Å². The van der Waals surface area contributed by atoms with Crippen LogP contribution < -0.4 is 9.80 Å². The van der Waals surface area contributed by atoms with Crippen LogP contribution in [-0.2, 0) is 9.47 Å². The molecule has 2 atom stereocenters. The minimum atomic E-state index is 0.218. The molecule has 34 heavy (non-hydrogen) atoms. The number of rotatable bonds is 5. The number of hydrogen-bond acceptors (Lipinski definition) is 7. The maximum absolute atomic E-state index is 5.78. The molecule has 0 aliphatic carbocycles. The average molecular weight is 462 g/mol. The highest BCUT2D eigenvalue weighted by Gasteiger charge is 2.29. The molecular weight excluding hydrogens is 430 g/mol. The Labute approximate surface area is 198 Å². The van der Waals surface area contributed by atoms with Crippen LogP contribution >= 0.6 is 0 Å². The van der Waals surface area contributed by atoms with Crippen LogP contribution in [-0.4, -0.2) is 76.5 Å². The van der Waals surface area contributed by atoms with Crippen molar-refractivity contribution in [2.24, 2.45) is 0 Å². The highest BCUT2D eigenvalue weighted by molar-refractivity contribution is 5.96. The van der Waals surface area contributed by atoms with E-state index < -0.39 is 0 Å². The maximum Gasteiger partial charge on any atom is 0.229 e. The smallest absolute Gasteiger partial charge is 0.229 e. The van der Waals surface area contributed by atoms with Crippen molar-refractivity contribution in [3.63, 3.8) is 0 Å². The largest absolute Gasteiger partial charge is 0.377 e. The summed E-state index contributed by atoms with van der Waals surface area (Å²) in [5.41, 5.74) is 3.71. The lowest BCUT2D eigenvalue weighted by Gasteiger charge is -2.37. The highest BCUT2D eigenvalue weighted by atomic mass is 16.5. The van der Waals surface area contributed by atoms with E-state index in [1.165, 1.54) is 0 Å². The van der Waals surface area contributed by atoms with Crippen molar-refractivity contribution < 1.29 is 9.47 Å². The van der Waals surface area contributed by atoms with Crippen molar-refractivity contribution in [2.75, 3.05) is 49.3 Å². The predicted octanol–water partition coefficient (Wildman–Crippen LogP) is 3.73. The van der Waals surface area contributed by atoms with E-state index in [-0.39, 0.29) is 12.1 Å². The summed E-state index contributed by atoms with van der Waals surface area (Å²) < 4.78 is 11.5. The molecule has 2 N–H and O–H groups in total. The topological polar surface area (TPSA) is 95.2 Å². The van der Waals surface area contributed by atoms with Crippen molar-refractivity contribution in [1.82, 2.24) is 24.9 Å². The zero-order chi connectivity index (χ0) is 23.1. The first-order valence-corrected chi connectivity index (χ1v) is 12.3. The van der Waals surface area contributed by atoms with Gasteiger partial charge in [-0.15, -0.1) is 0 Å². The summed E-state index contributed by atoms with van der Waals surface area (Å²) in [6, 6.07) is 8.80.